The molecule has 0 saturated heterocycles. The van der Waals surface area contributed by atoms with Crippen LogP contribution in [0.15, 0.2) is 96.6 Å². The average Bonchev–Trinajstić information content (AvgIpc) is 2.77. The third kappa shape index (κ3) is 5.94. The van der Waals surface area contributed by atoms with E-state index >= 15 is 0 Å². The van der Waals surface area contributed by atoms with Crippen molar-refractivity contribution in [3.8, 4) is 5.75 Å². The molecule has 3 heteroatoms. The number of benzene rings is 3. The molecule has 0 spiro atoms. The van der Waals surface area contributed by atoms with E-state index < -0.39 is 0 Å². The van der Waals surface area contributed by atoms with Crippen molar-refractivity contribution in [1.29, 1.82) is 0 Å². The van der Waals surface area contributed by atoms with Crippen molar-refractivity contribution >= 4 is 17.6 Å². The fourth-order valence-corrected chi connectivity index (χ4v) is 2.98. The summed E-state index contributed by atoms with van der Waals surface area (Å²) in [4.78, 5) is 11.4. The van der Waals surface area contributed by atoms with Crippen LogP contribution in [0.3, 0.4) is 0 Å². The van der Waals surface area contributed by atoms with Gasteiger partial charge in [0.25, 0.3) is 0 Å². The second kappa shape index (κ2) is 10.1. The summed E-state index contributed by atoms with van der Waals surface area (Å²) in [6.45, 7) is 1.62. The van der Waals surface area contributed by atoms with Gasteiger partial charge in [0.1, 0.15) is 12.4 Å². The van der Waals surface area contributed by atoms with Crippen LogP contribution < -0.4 is 4.74 Å². The van der Waals surface area contributed by atoms with E-state index in [1.54, 1.807) is 7.11 Å². The summed E-state index contributed by atoms with van der Waals surface area (Å²) in [6.07, 6.45) is 4.10. The van der Waals surface area contributed by atoms with Gasteiger partial charge in [-0.3, -0.25) is 4.79 Å². The van der Waals surface area contributed by atoms with Crippen LogP contribution >= 0.6 is 0 Å². The molecule has 0 aliphatic carbocycles. The molecule has 0 unspecified atom stereocenters. The maximum absolute atomic E-state index is 11.4. The Morgan fingerprint density at radius 3 is 1.86 bits per heavy atom. The summed E-state index contributed by atoms with van der Waals surface area (Å²) in [5, 5.41) is 0. The van der Waals surface area contributed by atoms with Crippen molar-refractivity contribution < 1.29 is 14.3 Å². The van der Waals surface area contributed by atoms with E-state index in [0.29, 0.717) is 0 Å². The standard InChI is InChI=1S/C26H24O3/c1-20(27)29-19-22(17-21-13-15-25(28-2)16-14-21)18-26(23-9-5-3-6-10-23)24-11-7-4-8-12-24/h3-18H,19H2,1-2H3/b22-17+. The first-order valence-electron chi connectivity index (χ1n) is 9.46. The molecule has 3 nitrogen and oxygen atoms in total. The Morgan fingerprint density at radius 1 is 0.828 bits per heavy atom. The number of ether oxygens (including phenoxy) is 2. The van der Waals surface area contributed by atoms with Crippen molar-refractivity contribution in [2.24, 2.45) is 0 Å². The van der Waals surface area contributed by atoms with Crippen molar-refractivity contribution in [1.82, 2.24) is 0 Å². The quantitative estimate of drug-likeness (QED) is 0.383. The summed E-state index contributed by atoms with van der Waals surface area (Å²) in [7, 11) is 1.64. The number of hydrogen-bond donors (Lipinski definition) is 0. The summed E-state index contributed by atoms with van der Waals surface area (Å²) >= 11 is 0. The molecule has 0 bridgehead atoms. The van der Waals surface area contributed by atoms with Crippen LogP contribution in [0.1, 0.15) is 23.6 Å². The van der Waals surface area contributed by atoms with Crippen molar-refractivity contribution in [3.05, 3.63) is 113 Å². The van der Waals surface area contributed by atoms with Gasteiger partial charge >= 0.3 is 5.97 Å². The summed E-state index contributed by atoms with van der Waals surface area (Å²) in [5.74, 6) is 0.494. The number of hydrogen-bond acceptors (Lipinski definition) is 3. The normalized spacial score (nSPS) is 10.9. The van der Waals surface area contributed by atoms with E-state index in [0.717, 1.165) is 33.6 Å². The molecule has 0 radical (unpaired) electrons. The Labute approximate surface area is 171 Å². The Balaban J connectivity index is 2.06. The Hall–Kier alpha value is -3.59. The molecule has 0 saturated carbocycles. The monoisotopic (exact) mass is 384 g/mol. The number of carbonyl (C=O) groups excluding carboxylic acids is 1. The molecule has 3 aromatic rings. The highest BCUT2D eigenvalue weighted by Crippen LogP contribution is 2.26. The predicted molar refractivity (Wildman–Crippen MR) is 118 cm³/mol. The molecule has 0 heterocycles. The van der Waals surface area contributed by atoms with Gasteiger partial charge in [0, 0.05) is 6.92 Å². The largest absolute Gasteiger partial charge is 0.497 e. The summed E-state index contributed by atoms with van der Waals surface area (Å²) in [6, 6.07) is 28.2. The summed E-state index contributed by atoms with van der Waals surface area (Å²) in [5.41, 5.74) is 5.17. The highest BCUT2D eigenvalue weighted by atomic mass is 16.5. The highest BCUT2D eigenvalue weighted by molar-refractivity contribution is 5.82. The van der Waals surface area contributed by atoms with E-state index in [2.05, 4.69) is 30.3 Å². The van der Waals surface area contributed by atoms with Crippen LogP contribution in [-0.2, 0) is 9.53 Å². The molecule has 0 aliphatic rings. The summed E-state index contributed by atoms with van der Waals surface area (Å²) < 4.78 is 10.5. The zero-order chi connectivity index (χ0) is 20.5. The topological polar surface area (TPSA) is 35.5 Å². The molecular formula is C26H24O3. The van der Waals surface area contributed by atoms with E-state index in [-0.39, 0.29) is 12.6 Å². The molecule has 0 N–H and O–H groups in total. The minimum Gasteiger partial charge on any atom is -0.497 e. The second-order valence-corrected chi connectivity index (χ2v) is 6.56. The third-order valence-electron chi connectivity index (χ3n) is 4.41. The van der Waals surface area contributed by atoms with Crippen LogP contribution in [0.5, 0.6) is 5.75 Å². The van der Waals surface area contributed by atoms with E-state index in [1.165, 1.54) is 6.92 Å². The molecule has 3 rings (SSSR count). The van der Waals surface area contributed by atoms with Crippen molar-refractivity contribution in [3.63, 3.8) is 0 Å². The molecule has 29 heavy (non-hydrogen) atoms. The van der Waals surface area contributed by atoms with Gasteiger partial charge in [0.2, 0.25) is 0 Å². The lowest BCUT2D eigenvalue weighted by Crippen LogP contribution is -2.03. The molecule has 0 amide bonds. The minimum absolute atomic E-state index is 0.199. The minimum atomic E-state index is -0.306. The van der Waals surface area contributed by atoms with Crippen LogP contribution in [0.25, 0.3) is 11.6 Å². The first-order valence-corrected chi connectivity index (χ1v) is 9.46. The highest BCUT2D eigenvalue weighted by Gasteiger charge is 2.07. The Bertz CT molecular complexity index is 944. The molecule has 0 aromatic heterocycles. The van der Waals surface area contributed by atoms with Gasteiger partial charge in [-0.2, -0.15) is 0 Å². The predicted octanol–water partition coefficient (Wildman–Crippen LogP) is 5.77. The first-order chi connectivity index (χ1) is 14.2. The van der Waals surface area contributed by atoms with Crippen LogP contribution in [0, 0.1) is 0 Å². The fraction of sp³-hybridized carbons (Fsp3) is 0.115. The fourth-order valence-electron chi connectivity index (χ4n) is 2.98. The van der Waals surface area contributed by atoms with Gasteiger partial charge in [-0.15, -0.1) is 0 Å². The lowest BCUT2D eigenvalue weighted by atomic mass is 9.95. The molecule has 0 atom stereocenters. The molecule has 146 valence electrons. The Morgan fingerprint density at radius 2 is 1.38 bits per heavy atom. The molecule has 0 aliphatic heterocycles. The lowest BCUT2D eigenvalue weighted by Gasteiger charge is -2.11. The second-order valence-electron chi connectivity index (χ2n) is 6.56. The number of carbonyl (C=O) groups is 1. The zero-order valence-corrected chi connectivity index (χ0v) is 16.7. The molecule has 0 fully saturated rings. The lowest BCUT2D eigenvalue weighted by molar-refractivity contribution is -0.139. The van der Waals surface area contributed by atoms with Gasteiger partial charge in [-0.25, -0.2) is 0 Å². The van der Waals surface area contributed by atoms with E-state index in [4.69, 9.17) is 9.47 Å². The number of methoxy groups -OCH3 is 1. The van der Waals surface area contributed by atoms with Gasteiger partial charge in [-0.05, 0) is 52.1 Å². The van der Waals surface area contributed by atoms with E-state index in [9.17, 15) is 4.79 Å². The van der Waals surface area contributed by atoms with Crippen LogP contribution in [-0.4, -0.2) is 19.7 Å². The van der Waals surface area contributed by atoms with Gasteiger partial charge < -0.3 is 9.47 Å². The van der Waals surface area contributed by atoms with Gasteiger partial charge in [0.05, 0.1) is 7.11 Å². The maximum Gasteiger partial charge on any atom is 0.302 e. The number of esters is 1. The SMILES string of the molecule is COc1ccc(/C=C(\C=C(c2ccccc2)c2ccccc2)COC(C)=O)cc1. The molecular weight excluding hydrogens is 360 g/mol. The van der Waals surface area contributed by atoms with E-state index in [1.807, 2.05) is 66.7 Å². The van der Waals surface area contributed by atoms with Gasteiger partial charge in [0.15, 0.2) is 0 Å². The zero-order valence-electron chi connectivity index (χ0n) is 16.7. The van der Waals surface area contributed by atoms with Crippen molar-refractivity contribution in [2.75, 3.05) is 13.7 Å². The Kier molecular flexibility index (Phi) is 7.01. The average molecular weight is 384 g/mol. The van der Waals surface area contributed by atoms with Crippen LogP contribution in [0.4, 0.5) is 0 Å². The number of rotatable bonds is 7. The third-order valence-corrected chi connectivity index (χ3v) is 4.41. The van der Waals surface area contributed by atoms with Crippen molar-refractivity contribution in [2.45, 2.75) is 6.92 Å². The smallest absolute Gasteiger partial charge is 0.302 e. The van der Waals surface area contributed by atoms with Gasteiger partial charge in [-0.1, -0.05) is 72.8 Å². The first kappa shape index (κ1) is 20.2. The molecule has 3 aromatic carbocycles. The van der Waals surface area contributed by atoms with Crippen LogP contribution in [0.2, 0.25) is 0 Å². The maximum atomic E-state index is 11.4.